The molecule has 5 amide bonds. The van der Waals surface area contributed by atoms with Gasteiger partial charge in [0, 0.05) is 26.2 Å². The van der Waals surface area contributed by atoms with Crippen LogP contribution in [0.25, 0.3) is 0 Å². The molecule has 0 aromatic heterocycles. The fourth-order valence-electron chi connectivity index (χ4n) is 4.93. The van der Waals surface area contributed by atoms with Crippen LogP contribution in [0, 0.1) is 11.3 Å². The highest BCUT2D eigenvalue weighted by molar-refractivity contribution is 6.09. The quantitative estimate of drug-likeness (QED) is 0.666. The fraction of sp³-hybridized carbons (Fsp3) is 0.818. The van der Waals surface area contributed by atoms with Crippen molar-refractivity contribution < 1.29 is 23.9 Å². The third-order valence-corrected chi connectivity index (χ3v) is 7.55. The fourth-order valence-corrected chi connectivity index (χ4v) is 4.93. The highest BCUT2D eigenvalue weighted by atomic mass is 16.6. The number of ether oxygens (including phenoxy) is 1. The van der Waals surface area contributed by atoms with Crippen LogP contribution < -0.4 is 5.32 Å². The van der Waals surface area contributed by atoms with Crippen LogP contribution in [0.2, 0.25) is 0 Å². The minimum absolute atomic E-state index is 0.217. The van der Waals surface area contributed by atoms with Gasteiger partial charge >= 0.3 is 12.1 Å². The number of amides is 5. The Morgan fingerprint density at radius 2 is 1.65 bits per heavy atom. The second-order valence-electron chi connectivity index (χ2n) is 9.59. The summed E-state index contributed by atoms with van der Waals surface area (Å²) < 4.78 is 4.99. The van der Waals surface area contributed by atoms with Gasteiger partial charge in [0.1, 0.15) is 12.1 Å². The molecule has 0 aromatic rings. The summed E-state index contributed by atoms with van der Waals surface area (Å²) in [5.41, 5.74) is -0.644. The predicted octanol–water partition coefficient (Wildman–Crippen LogP) is 2.20. The van der Waals surface area contributed by atoms with Crippen molar-refractivity contribution in [3.8, 4) is 0 Å². The molecule has 3 aliphatic rings. The Labute approximate surface area is 184 Å². The van der Waals surface area contributed by atoms with E-state index in [0.29, 0.717) is 51.5 Å². The van der Waals surface area contributed by atoms with E-state index in [1.165, 1.54) is 0 Å². The highest BCUT2D eigenvalue weighted by Gasteiger charge is 2.54. The Bertz CT molecular complexity index is 721. The molecule has 0 bridgehead atoms. The third-order valence-electron chi connectivity index (χ3n) is 7.55. The number of nitrogens with one attached hydrogen (secondary N) is 1. The van der Waals surface area contributed by atoms with E-state index in [1.807, 2.05) is 0 Å². The number of imide groups is 1. The molecule has 1 spiro atoms. The molecular weight excluding hydrogens is 400 g/mol. The lowest BCUT2D eigenvalue weighted by Crippen LogP contribution is -2.54. The first-order valence-electron chi connectivity index (χ1n) is 11.5. The van der Waals surface area contributed by atoms with Crippen molar-refractivity contribution in [1.29, 1.82) is 0 Å². The van der Waals surface area contributed by atoms with Gasteiger partial charge in [0.15, 0.2) is 0 Å². The van der Waals surface area contributed by atoms with E-state index >= 15 is 0 Å². The maximum Gasteiger partial charge on any atom is 0.409 e. The predicted molar refractivity (Wildman–Crippen MR) is 114 cm³/mol. The Kier molecular flexibility index (Phi) is 6.81. The second-order valence-corrected chi connectivity index (χ2v) is 9.59. The van der Waals surface area contributed by atoms with E-state index in [1.54, 1.807) is 16.7 Å². The smallest absolute Gasteiger partial charge is 0.409 e. The van der Waals surface area contributed by atoms with Gasteiger partial charge in [0.05, 0.1) is 6.61 Å². The van der Waals surface area contributed by atoms with Gasteiger partial charge in [-0.3, -0.25) is 14.5 Å². The van der Waals surface area contributed by atoms with Crippen LogP contribution in [0.4, 0.5) is 9.59 Å². The van der Waals surface area contributed by atoms with E-state index in [-0.39, 0.29) is 29.9 Å². The van der Waals surface area contributed by atoms with Crippen LogP contribution in [0.1, 0.15) is 59.8 Å². The van der Waals surface area contributed by atoms with Crippen LogP contribution in [0.3, 0.4) is 0 Å². The lowest BCUT2D eigenvalue weighted by molar-refractivity contribution is -0.140. The number of carbonyl (C=O) groups is 4. The van der Waals surface area contributed by atoms with Gasteiger partial charge in [0.2, 0.25) is 5.91 Å². The second kappa shape index (κ2) is 9.04. The average Bonchev–Trinajstić information content (AvgIpc) is 2.98. The van der Waals surface area contributed by atoms with E-state index in [2.05, 4.69) is 26.1 Å². The van der Waals surface area contributed by atoms with Crippen molar-refractivity contribution in [2.24, 2.45) is 11.3 Å². The highest BCUT2D eigenvalue weighted by Crippen LogP contribution is 2.45. The minimum atomic E-state index is -0.861. The third kappa shape index (κ3) is 4.65. The molecule has 0 unspecified atom stereocenters. The molecule has 0 radical (unpaired) electrons. The molecule has 1 N–H and O–H groups in total. The molecule has 1 aliphatic carbocycles. The van der Waals surface area contributed by atoms with Gasteiger partial charge in [-0.05, 0) is 43.9 Å². The van der Waals surface area contributed by atoms with Crippen molar-refractivity contribution in [2.75, 3.05) is 39.3 Å². The first kappa shape index (κ1) is 23.3. The monoisotopic (exact) mass is 436 g/mol. The number of hydrogen-bond acceptors (Lipinski definition) is 5. The molecule has 3 fully saturated rings. The van der Waals surface area contributed by atoms with Gasteiger partial charge in [-0.15, -0.1) is 0 Å². The molecule has 31 heavy (non-hydrogen) atoms. The molecule has 2 saturated heterocycles. The molecule has 0 atom stereocenters. The molecule has 9 heteroatoms. The van der Waals surface area contributed by atoms with Crippen LogP contribution in [-0.4, -0.2) is 83.5 Å². The molecule has 174 valence electrons. The van der Waals surface area contributed by atoms with Crippen molar-refractivity contribution >= 4 is 23.9 Å². The number of hydrogen-bond donors (Lipinski definition) is 1. The number of carbonyl (C=O) groups excluding carboxylic acids is 4. The van der Waals surface area contributed by atoms with E-state index < -0.39 is 11.6 Å². The van der Waals surface area contributed by atoms with Gasteiger partial charge in [-0.2, -0.15) is 0 Å². The lowest BCUT2D eigenvalue weighted by Gasteiger charge is -2.42. The zero-order valence-electron chi connectivity index (χ0n) is 19.2. The number of piperazine rings is 1. The van der Waals surface area contributed by atoms with Crippen molar-refractivity contribution in [3.05, 3.63) is 0 Å². The summed E-state index contributed by atoms with van der Waals surface area (Å²) in [5, 5.41) is 2.90. The molecule has 9 nitrogen and oxygen atoms in total. The summed E-state index contributed by atoms with van der Waals surface area (Å²) in [6.07, 6.45) is 3.72. The zero-order chi connectivity index (χ0) is 22.8. The summed E-state index contributed by atoms with van der Waals surface area (Å²) in [6, 6.07) is -0.475. The largest absolute Gasteiger partial charge is 0.450 e. The zero-order valence-corrected chi connectivity index (χ0v) is 19.2. The molecule has 0 aromatic carbocycles. The van der Waals surface area contributed by atoms with Crippen LogP contribution in [0.15, 0.2) is 0 Å². The average molecular weight is 437 g/mol. The first-order valence-corrected chi connectivity index (χ1v) is 11.5. The molecule has 2 aliphatic heterocycles. The SMILES string of the molecule is CCOC(=O)N1CCN(C(=O)CN2C(=O)NC3(CCC(C(C)(C)CC)CC3)C2=O)CC1. The van der Waals surface area contributed by atoms with Crippen molar-refractivity contribution in [2.45, 2.75) is 65.3 Å². The van der Waals surface area contributed by atoms with Crippen LogP contribution >= 0.6 is 0 Å². The summed E-state index contributed by atoms with van der Waals surface area (Å²) >= 11 is 0. The molecule has 1 saturated carbocycles. The Morgan fingerprint density at radius 1 is 1.06 bits per heavy atom. The lowest BCUT2D eigenvalue weighted by atomic mass is 9.65. The number of urea groups is 1. The van der Waals surface area contributed by atoms with E-state index in [9.17, 15) is 19.2 Å². The van der Waals surface area contributed by atoms with Gasteiger partial charge < -0.3 is 19.9 Å². The minimum Gasteiger partial charge on any atom is -0.450 e. The first-order chi connectivity index (χ1) is 14.6. The van der Waals surface area contributed by atoms with Crippen molar-refractivity contribution in [1.82, 2.24) is 20.0 Å². The maximum absolute atomic E-state index is 13.2. The van der Waals surface area contributed by atoms with Crippen LogP contribution in [0.5, 0.6) is 0 Å². The Balaban J connectivity index is 1.55. The van der Waals surface area contributed by atoms with Gasteiger partial charge in [-0.25, -0.2) is 9.59 Å². The normalized spacial score (nSPS) is 27.0. The number of rotatable bonds is 5. The summed E-state index contributed by atoms with van der Waals surface area (Å²) in [6.45, 7) is 9.99. The van der Waals surface area contributed by atoms with E-state index in [4.69, 9.17) is 4.74 Å². The van der Waals surface area contributed by atoms with Gasteiger partial charge in [0.25, 0.3) is 5.91 Å². The Hall–Kier alpha value is -2.32. The van der Waals surface area contributed by atoms with E-state index in [0.717, 1.165) is 24.2 Å². The number of nitrogens with zero attached hydrogens (tertiary/aromatic N) is 3. The van der Waals surface area contributed by atoms with Crippen LogP contribution in [-0.2, 0) is 14.3 Å². The maximum atomic E-state index is 13.2. The molecular formula is C22H36N4O5. The Morgan fingerprint density at radius 3 is 2.19 bits per heavy atom. The summed E-state index contributed by atoms with van der Waals surface area (Å²) in [4.78, 5) is 54.5. The van der Waals surface area contributed by atoms with Gasteiger partial charge in [-0.1, -0.05) is 27.2 Å². The standard InChI is InChI=1S/C22H36N4O5/c1-5-21(3,4)16-7-9-22(10-8-16)18(28)26(19(29)23-22)15-17(27)24-11-13-25(14-12-24)20(30)31-6-2/h16H,5-15H2,1-4H3,(H,23,29). The summed E-state index contributed by atoms with van der Waals surface area (Å²) in [7, 11) is 0. The topological polar surface area (TPSA) is 99.3 Å². The van der Waals surface area contributed by atoms with Crippen molar-refractivity contribution in [3.63, 3.8) is 0 Å². The molecule has 2 heterocycles. The molecule has 3 rings (SSSR count). The summed E-state index contributed by atoms with van der Waals surface area (Å²) in [5.74, 6) is -0.0205.